The number of amides is 1. The van der Waals surface area contributed by atoms with Crippen LogP contribution in [0.25, 0.3) is 32.0 Å². The third-order valence-corrected chi connectivity index (χ3v) is 7.24. The lowest BCUT2D eigenvalue weighted by atomic mass is 9.96. The van der Waals surface area contributed by atoms with E-state index in [1.165, 1.54) is 0 Å². The molecule has 0 N–H and O–H groups in total. The molecule has 0 radical (unpaired) electrons. The first-order chi connectivity index (χ1) is 14.5. The van der Waals surface area contributed by atoms with Gasteiger partial charge in [-0.1, -0.05) is 37.3 Å². The molecule has 0 bridgehead atoms. The maximum absolute atomic E-state index is 12.2. The van der Waals surface area contributed by atoms with Crippen molar-refractivity contribution >= 4 is 38.1 Å². The van der Waals surface area contributed by atoms with Crippen molar-refractivity contribution in [2.75, 3.05) is 13.1 Å². The third-order valence-electron chi connectivity index (χ3n) is 5.83. The number of rotatable bonds is 4. The van der Waals surface area contributed by atoms with Gasteiger partial charge in [0.1, 0.15) is 13.1 Å². The van der Waals surface area contributed by atoms with Crippen LogP contribution in [0.4, 0.5) is 0 Å². The molecule has 2 aromatic heterocycles. The SMILES string of the molecule is CC(CC(=O)[N+]1([O-])CC1)c1cc2cncc(-c3ccc(C#N)c4ccccc34)c2s1. The molecule has 5 rings (SSSR count). The molecule has 148 valence electrons. The first kappa shape index (κ1) is 18.9. The summed E-state index contributed by atoms with van der Waals surface area (Å²) in [6.45, 7) is 2.83. The molecule has 0 saturated carbocycles. The number of hydrogen-bond acceptors (Lipinski definition) is 5. The molecule has 6 heteroatoms. The number of nitrogens with zero attached hydrogens (tertiary/aromatic N) is 3. The first-order valence-electron chi connectivity index (χ1n) is 9.91. The van der Waals surface area contributed by atoms with Gasteiger partial charge < -0.3 is 5.21 Å². The van der Waals surface area contributed by atoms with E-state index in [2.05, 4.69) is 17.1 Å². The van der Waals surface area contributed by atoms with E-state index in [0.717, 1.165) is 36.9 Å². The van der Waals surface area contributed by atoms with Crippen LogP contribution in [0.1, 0.15) is 29.7 Å². The van der Waals surface area contributed by atoms with Crippen molar-refractivity contribution in [3.8, 4) is 17.2 Å². The number of pyridine rings is 1. The molecule has 1 amide bonds. The largest absolute Gasteiger partial charge is 0.625 e. The summed E-state index contributed by atoms with van der Waals surface area (Å²) in [7, 11) is 0. The standard InChI is InChI=1S/C24H19N3O2S/c1-15(10-23(28)27(29)8-9-27)22-11-17-13-26-14-21(24(17)30-22)20-7-6-16(12-25)18-4-2-3-5-19(18)20/h2-7,11,13-15H,8-10H2,1H3. The van der Waals surface area contributed by atoms with Gasteiger partial charge in [0.2, 0.25) is 0 Å². The zero-order valence-electron chi connectivity index (χ0n) is 16.5. The highest BCUT2D eigenvalue weighted by atomic mass is 32.1. The molecule has 3 heterocycles. The van der Waals surface area contributed by atoms with Crippen LogP contribution in [0.2, 0.25) is 0 Å². The molecular formula is C24H19N3O2S. The Bertz CT molecular complexity index is 1350. The average molecular weight is 414 g/mol. The molecule has 0 spiro atoms. The molecule has 1 aliphatic heterocycles. The number of nitriles is 1. The Labute approximate surface area is 178 Å². The number of fused-ring (bicyclic) bond motifs is 2. The van der Waals surface area contributed by atoms with Gasteiger partial charge in [-0.2, -0.15) is 5.26 Å². The van der Waals surface area contributed by atoms with E-state index in [1.807, 2.05) is 55.7 Å². The molecule has 0 aliphatic carbocycles. The number of carbonyl (C=O) groups is 1. The summed E-state index contributed by atoms with van der Waals surface area (Å²) < 4.78 is 0.436. The number of carbonyl (C=O) groups excluding carboxylic acids is 1. The number of aromatic nitrogens is 1. The zero-order chi connectivity index (χ0) is 20.9. The molecule has 4 aromatic rings. The lowest BCUT2D eigenvalue weighted by molar-refractivity contribution is -0.660. The Kier molecular flexibility index (Phi) is 4.40. The quantitative estimate of drug-likeness (QED) is 0.257. The molecule has 1 unspecified atom stereocenters. The van der Waals surface area contributed by atoms with Crippen LogP contribution < -0.4 is 0 Å². The van der Waals surface area contributed by atoms with Crippen LogP contribution in [-0.4, -0.2) is 28.6 Å². The molecule has 1 fully saturated rings. The van der Waals surface area contributed by atoms with Crippen molar-refractivity contribution in [1.29, 1.82) is 5.26 Å². The Hall–Kier alpha value is -3.11. The summed E-state index contributed by atoms with van der Waals surface area (Å²) in [5.41, 5.74) is 2.70. The highest BCUT2D eigenvalue weighted by Crippen LogP contribution is 2.41. The summed E-state index contributed by atoms with van der Waals surface area (Å²) in [6, 6.07) is 16.1. The van der Waals surface area contributed by atoms with Gasteiger partial charge in [0.05, 0.1) is 18.1 Å². The fraction of sp³-hybridized carbons (Fsp3) is 0.208. The van der Waals surface area contributed by atoms with Gasteiger partial charge in [-0.05, 0) is 23.1 Å². The second-order valence-corrected chi connectivity index (χ2v) is 8.99. The minimum Gasteiger partial charge on any atom is -0.625 e. The molecule has 30 heavy (non-hydrogen) atoms. The number of hydrogen-bond donors (Lipinski definition) is 0. The zero-order valence-corrected chi connectivity index (χ0v) is 17.3. The van der Waals surface area contributed by atoms with Crippen LogP contribution in [0.15, 0.2) is 54.9 Å². The lowest BCUT2D eigenvalue weighted by Crippen LogP contribution is -2.27. The highest BCUT2D eigenvalue weighted by Gasteiger charge is 2.41. The minimum absolute atomic E-state index is 0.00925. The monoisotopic (exact) mass is 413 g/mol. The van der Waals surface area contributed by atoms with Crippen molar-refractivity contribution in [2.45, 2.75) is 19.3 Å². The summed E-state index contributed by atoms with van der Waals surface area (Å²) in [4.78, 5) is 17.8. The van der Waals surface area contributed by atoms with Gasteiger partial charge in [-0.15, -0.1) is 11.3 Å². The van der Waals surface area contributed by atoms with Gasteiger partial charge in [0.15, 0.2) is 0 Å². The summed E-state index contributed by atoms with van der Waals surface area (Å²) in [6.07, 6.45) is 3.96. The van der Waals surface area contributed by atoms with Crippen molar-refractivity contribution in [3.63, 3.8) is 0 Å². The molecule has 5 nitrogen and oxygen atoms in total. The van der Waals surface area contributed by atoms with Crippen LogP contribution in [0, 0.1) is 16.5 Å². The summed E-state index contributed by atoms with van der Waals surface area (Å²) in [5, 5.41) is 24.5. The van der Waals surface area contributed by atoms with E-state index in [1.54, 1.807) is 11.3 Å². The van der Waals surface area contributed by atoms with Crippen molar-refractivity contribution in [2.24, 2.45) is 0 Å². The van der Waals surface area contributed by atoms with Crippen LogP contribution in [-0.2, 0) is 4.79 Å². The Morgan fingerprint density at radius 3 is 2.70 bits per heavy atom. The van der Waals surface area contributed by atoms with E-state index in [4.69, 9.17) is 0 Å². The molecule has 1 aliphatic rings. The van der Waals surface area contributed by atoms with E-state index in [0.29, 0.717) is 18.7 Å². The Balaban J connectivity index is 1.59. The average Bonchev–Trinajstić information content (AvgIpc) is 3.36. The first-order valence-corrected chi connectivity index (χ1v) is 10.7. The Morgan fingerprint density at radius 2 is 1.97 bits per heavy atom. The minimum atomic E-state index is -0.667. The van der Waals surface area contributed by atoms with Crippen molar-refractivity contribution < 1.29 is 9.44 Å². The molecular weight excluding hydrogens is 394 g/mol. The number of quaternary nitrogens is 1. The molecule has 1 saturated heterocycles. The maximum Gasteiger partial charge on any atom is 0.314 e. The van der Waals surface area contributed by atoms with Gasteiger partial charge >= 0.3 is 5.91 Å². The van der Waals surface area contributed by atoms with Gasteiger partial charge in [0, 0.05) is 44.2 Å². The second kappa shape index (κ2) is 6.99. The van der Waals surface area contributed by atoms with Gasteiger partial charge in [0.25, 0.3) is 0 Å². The smallest absolute Gasteiger partial charge is 0.314 e. The maximum atomic E-state index is 12.2. The third kappa shape index (κ3) is 3.08. The molecule has 2 aromatic carbocycles. The lowest BCUT2D eigenvalue weighted by Gasteiger charge is -2.19. The van der Waals surface area contributed by atoms with E-state index >= 15 is 0 Å². The fourth-order valence-corrected chi connectivity index (χ4v) is 5.13. The van der Waals surface area contributed by atoms with Crippen molar-refractivity contribution in [3.05, 3.63) is 70.5 Å². The second-order valence-electron chi connectivity index (χ2n) is 7.91. The van der Waals surface area contributed by atoms with E-state index in [9.17, 15) is 15.3 Å². The highest BCUT2D eigenvalue weighted by molar-refractivity contribution is 7.19. The number of benzene rings is 2. The van der Waals surface area contributed by atoms with Gasteiger partial charge in [-0.25, -0.2) is 4.79 Å². The summed E-state index contributed by atoms with van der Waals surface area (Å²) in [5.74, 6) is -0.235. The topological polar surface area (TPSA) is 76.8 Å². The van der Waals surface area contributed by atoms with Crippen LogP contribution in [0.5, 0.6) is 0 Å². The van der Waals surface area contributed by atoms with Crippen molar-refractivity contribution in [1.82, 2.24) is 4.98 Å². The number of hydroxylamine groups is 3. The summed E-state index contributed by atoms with van der Waals surface area (Å²) >= 11 is 1.65. The normalized spacial score (nSPS) is 15.8. The van der Waals surface area contributed by atoms with E-state index < -0.39 is 4.65 Å². The fourth-order valence-electron chi connectivity index (χ4n) is 3.92. The van der Waals surface area contributed by atoms with Gasteiger partial charge in [-0.3, -0.25) is 9.63 Å². The van der Waals surface area contributed by atoms with E-state index in [-0.39, 0.29) is 18.2 Å². The molecule has 1 atom stereocenters. The predicted molar refractivity (Wildman–Crippen MR) is 119 cm³/mol. The van der Waals surface area contributed by atoms with Crippen LogP contribution >= 0.6 is 11.3 Å². The van der Waals surface area contributed by atoms with Crippen LogP contribution in [0.3, 0.4) is 0 Å². The number of thiophene rings is 1. The Morgan fingerprint density at radius 1 is 1.20 bits per heavy atom. The predicted octanol–water partition coefficient (Wildman–Crippen LogP) is 5.34.